The van der Waals surface area contributed by atoms with Crippen LogP contribution in [0.1, 0.15) is 36.8 Å². The molecule has 28 heavy (non-hydrogen) atoms. The normalized spacial score (nSPS) is 10.9. The summed E-state index contributed by atoms with van der Waals surface area (Å²) in [5.74, 6) is 0.941. The lowest BCUT2D eigenvalue weighted by molar-refractivity contribution is 0.101. The highest BCUT2D eigenvalue weighted by molar-refractivity contribution is 6.09. The number of fused-ring (bicyclic) bond motifs is 1. The summed E-state index contributed by atoms with van der Waals surface area (Å²) >= 11 is 0. The number of methoxy groups -OCH3 is 1. The molecule has 150 valence electrons. The maximum atomic E-state index is 12.6. The Balaban J connectivity index is 0.00000280. The van der Waals surface area contributed by atoms with Gasteiger partial charge in [0.2, 0.25) is 0 Å². The van der Waals surface area contributed by atoms with E-state index in [1.54, 1.807) is 26.2 Å². The first-order chi connectivity index (χ1) is 13.0. The molecule has 0 bridgehead atoms. The fourth-order valence-corrected chi connectivity index (χ4v) is 3.56. The number of phenols is 1. The maximum absolute atomic E-state index is 12.6. The van der Waals surface area contributed by atoms with Crippen LogP contribution in [0.25, 0.3) is 16.6 Å². The highest BCUT2D eigenvalue weighted by atomic mass is 35.5. The number of Topliss-reactive ketones (excluding diaryl/α,β-unsaturated/α-hetero) is 1. The number of aromatic hydroxyl groups is 1. The topological polar surface area (TPSA) is 54.7 Å². The molecule has 0 amide bonds. The van der Waals surface area contributed by atoms with E-state index in [4.69, 9.17) is 4.74 Å². The van der Waals surface area contributed by atoms with Gasteiger partial charge in [0.1, 0.15) is 11.5 Å². The fourth-order valence-electron chi connectivity index (χ4n) is 3.56. The number of nitrogens with zero attached hydrogens (tertiary/aromatic N) is 2. The Kier molecular flexibility index (Phi) is 7.11. The van der Waals surface area contributed by atoms with Gasteiger partial charge in [-0.25, -0.2) is 0 Å². The number of ketones is 1. The van der Waals surface area contributed by atoms with Crippen molar-refractivity contribution < 1.29 is 14.6 Å². The van der Waals surface area contributed by atoms with Crippen molar-refractivity contribution >= 4 is 29.1 Å². The number of ether oxygens (including phenoxy) is 1. The molecule has 1 heterocycles. The largest absolute Gasteiger partial charge is 0.508 e. The molecular formula is C22H27ClN2O3. The van der Waals surface area contributed by atoms with E-state index in [9.17, 15) is 9.90 Å². The predicted molar refractivity (Wildman–Crippen MR) is 115 cm³/mol. The number of phenolic OH excluding ortho intramolecular Hbond substituents is 1. The first-order valence-electron chi connectivity index (χ1n) is 9.24. The highest BCUT2D eigenvalue weighted by Crippen LogP contribution is 2.33. The smallest absolute Gasteiger partial charge is 0.162 e. The highest BCUT2D eigenvalue weighted by Gasteiger charge is 2.22. The van der Waals surface area contributed by atoms with Gasteiger partial charge in [-0.1, -0.05) is 13.8 Å². The Morgan fingerprint density at radius 2 is 1.75 bits per heavy atom. The lowest BCUT2D eigenvalue weighted by Crippen LogP contribution is -2.24. The van der Waals surface area contributed by atoms with Gasteiger partial charge in [0.05, 0.1) is 12.6 Å². The molecule has 3 aromatic rings. The SMILES string of the molecule is CCN(CC)Cc1c(C(C)=O)c2cc(O)ccc2n1-c1ccc(OC)cc1.Cl. The molecular weight excluding hydrogens is 376 g/mol. The number of halogens is 1. The van der Waals surface area contributed by atoms with Crippen molar-refractivity contribution in [3.05, 3.63) is 53.7 Å². The van der Waals surface area contributed by atoms with Gasteiger partial charge >= 0.3 is 0 Å². The van der Waals surface area contributed by atoms with E-state index in [0.29, 0.717) is 12.1 Å². The van der Waals surface area contributed by atoms with Gasteiger partial charge < -0.3 is 14.4 Å². The van der Waals surface area contributed by atoms with Crippen LogP contribution >= 0.6 is 12.4 Å². The van der Waals surface area contributed by atoms with Crippen molar-refractivity contribution in [2.24, 2.45) is 0 Å². The maximum Gasteiger partial charge on any atom is 0.162 e. The van der Waals surface area contributed by atoms with Gasteiger partial charge in [-0.15, -0.1) is 12.4 Å². The zero-order chi connectivity index (χ0) is 19.6. The third kappa shape index (κ3) is 4.01. The van der Waals surface area contributed by atoms with Crippen molar-refractivity contribution in [1.29, 1.82) is 0 Å². The summed E-state index contributed by atoms with van der Waals surface area (Å²) in [6.07, 6.45) is 0. The van der Waals surface area contributed by atoms with Gasteiger partial charge in [0, 0.05) is 28.9 Å². The molecule has 0 spiro atoms. The van der Waals surface area contributed by atoms with Crippen LogP contribution in [0.3, 0.4) is 0 Å². The van der Waals surface area contributed by atoms with E-state index in [0.717, 1.165) is 41.1 Å². The number of carbonyl (C=O) groups excluding carboxylic acids is 1. The van der Waals surface area contributed by atoms with Gasteiger partial charge in [-0.3, -0.25) is 9.69 Å². The monoisotopic (exact) mass is 402 g/mol. The van der Waals surface area contributed by atoms with E-state index in [1.807, 2.05) is 30.3 Å². The van der Waals surface area contributed by atoms with E-state index >= 15 is 0 Å². The number of benzene rings is 2. The average Bonchev–Trinajstić information content (AvgIpc) is 2.99. The minimum atomic E-state index is 0. The van der Waals surface area contributed by atoms with Crippen molar-refractivity contribution in [2.45, 2.75) is 27.3 Å². The lowest BCUT2D eigenvalue weighted by Gasteiger charge is -2.21. The van der Waals surface area contributed by atoms with Crippen molar-refractivity contribution in [3.8, 4) is 17.2 Å². The van der Waals surface area contributed by atoms with E-state index in [-0.39, 0.29) is 23.9 Å². The summed E-state index contributed by atoms with van der Waals surface area (Å²) in [5.41, 5.74) is 3.48. The summed E-state index contributed by atoms with van der Waals surface area (Å²) in [6.45, 7) is 8.26. The van der Waals surface area contributed by atoms with Crippen LogP contribution in [-0.4, -0.2) is 40.6 Å². The molecule has 0 radical (unpaired) electrons. The van der Waals surface area contributed by atoms with Crippen LogP contribution in [0.15, 0.2) is 42.5 Å². The summed E-state index contributed by atoms with van der Waals surface area (Å²) < 4.78 is 7.39. The summed E-state index contributed by atoms with van der Waals surface area (Å²) in [7, 11) is 1.64. The van der Waals surface area contributed by atoms with Crippen LogP contribution in [-0.2, 0) is 6.54 Å². The molecule has 0 aliphatic carbocycles. The van der Waals surface area contributed by atoms with Gasteiger partial charge in [-0.2, -0.15) is 0 Å². The van der Waals surface area contributed by atoms with Crippen LogP contribution in [0.4, 0.5) is 0 Å². The molecule has 1 N–H and O–H groups in total. The number of aromatic nitrogens is 1. The Morgan fingerprint density at radius 3 is 2.29 bits per heavy atom. The minimum absolute atomic E-state index is 0. The second-order valence-corrected chi connectivity index (χ2v) is 6.57. The van der Waals surface area contributed by atoms with Crippen molar-refractivity contribution in [2.75, 3.05) is 20.2 Å². The minimum Gasteiger partial charge on any atom is -0.508 e. The standard InChI is InChI=1S/C22H26N2O3.ClH/c1-5-23(6-2)14-21-22(15(3)25)19-13-17(26)9-12-20(19)24(21)16-7-10-18(27-4)11-8-16;/h7-13,26H,5-6,14H2,1-4H3;1H. The summed E-state index contributed by atoms with van der Waals surface area (Å²) in [5, 5.41) is 10.8. The summed E-state index contributed by atoms with van der Waals surface area (Å²) in [6, 6.07) is 13.0. The Hall–Kier alpha value is -2.50. The van der Waals surface area contributed by atoms with Crippen molar-refractivity contribution in [1.82, 2.24) is 9.47 Å². The fraction of sp³-hybridized carbons (Fsp3) is 0.318. The quantitative estimate of drug-likeness (QED) is 0.576. The zero-order valence-electron chi connectivity index (χ0n) is 16.7. The molecule has 0 saturated heterocycles. The Bertz CT molecular complexity index is 960. The predicted octanol–water partition coefficient (Wildman–Crippen LogP) is 4.81. The van der Waals surface area contributed by atoms with Gasteiger partial charge in [-0.05, 0) is 62.5 Å². The first kappa shape index (κ1) is 21.8. The molecule has 2 aromatic carbocycles. The molecule has 0 atom stereocenters. The Labute approximate surface area is 171 Å². The number of hydrogen-bond donors (Lipinski definition) is 1. The molecule has 0 aliphatic rings. The third-order valence-electron chi connectivity index (χ3n) is 5.00. The molecule has 3 rings (SSSR count). The second-order valence-electron chi connectivity index (χ2n) is 6.57. The average molecular weight is 403 g/mol. The molecule has 5 nitrogen and oxygen atoms in total. The molecule has 0 fully saturated rings. The summed E-state index contributed by atoms with van der Waals surface area (Å²) in [4.78, 5) is 14.8. The lowest BCUT2D eigenvalue weighted by atomic mass is 10.1. The number of rotatable bonds is 7. The van der Waals surface area contributed by atoms with Crippen LogP contribution in [0.2, 0.25) is 0 Å². The van der Waals surface area contributed by atoms with Crippen LogP contribution in [0.5, 0.6) is 11.5 Å². The van der Waals surface area contributed by atoms with E-state index in [1.165, 1.54) is 0 Å². The number of hydrogen-bond acceptors (Lipinski definition) is 4. The zero-order valence-corrected chi connectivity index (χ0v) is 17.5. The number of carbonyl (C=O) groups is 1. The molecule has 0 saturated carbocycles. The van der Waals surface area contributed by atoms with E-state index in [2.05, 4.69) is 23.3 Å². The second kappa shape index (κ2) is 9.13. The molecule has 0 aliphatic heterocycles. The third-order valence-corrected chi connectivity index (χ3v) is 5.00. The van der Waals surface area contributed by atoms with Crippen LogP contribution < -0.4 is 4.74 Å². The van der Waals surface area contributed by atoms with Crippen molar-refractivity contribution in [3.63, 3.8) is 0 Å². The van der Waals surface area contributed by atoms with Crippen LogP contribution in [0, 0.1) is 0 Å². The molecule has 1 aromatic heterocycles. The first-order valence-corrected chi connectivity index (χ1v) is 9.24. The van der Waals surface area contributed by atoms with E-state index < -0.39 is 0 Å². The molecule has 6 heteroatoms. The van der Waals surface area contributed by atoms with Gasteiger partial charge in [0.25, 0.3) is 0 Å². The van der Waals surface area contributed by atoms with Gasteiger partial charge in [0.15, 0.2) is 5.78 Å². The Morgan fingerprint density at radius 1 is 1.11 bits per heavy atom. The molecule has 0 unspecified atom stereocenters.